The molecule has 0 aliphatic rings. The number of alkyl halides is 3. The van der Waals surface area contributed by atoms with Crippen molar-refractivity contribution in [2.75, 3.05) is 11.6 Å². The van der Waals surface area contributed by atoms with Crippen LogP contribution >= 0.6 is 23.4 Å². The molecule has 0 spiro atoms. The van der Waals surface area contributed by atoms with Gasteiger partial charge in [-0.05, 0) is 30.5 Å². The van der Waals surface area contributed by atoms with E-state index in [0.717, 1.165) is 6.20 Å². The molecule has 0 radical (unpaired) electrons. The zero-order chi connectivity index (χ0) is 19.1. The molecule has 0 saturated carbocycles. The molecule has 1 aromatic carbocycles. The third-order valence-electron chi connectivity index (χ3n) is 3.34. The number of benzene rings is 1. The van der Waals surface area contributed by atoms with Crippen molar-refractivity contribution in [2.45, 2.75) is 10.7 Å². The van der Waals surface area contributed by atoms with Crippen molar-refractivity contribution >= 4 is 55.8 Å². The van der Waals surface area contributed by atoms with Gasteiger partial charge >= 0.3 is 15.5 Å². The van der Waals surface area contributed by atoms with Crippen LogP contribution in [0.4, 0.5) is 24.7 Å². The Hall–Kier alpha value is -1.98. The number of hydrogen-bond acceptors (Lipinski definition) is 6. The molecule has 0 amide bonds. The van der Waals surface area contributed by atoms with Crippen molar-refractivity contribution in [1.29, 1.82) is 0 Å². The Balaban J connectivity index is 1.98. The van der Waals surface area contributed by atoms with Gasteiger partial charge in [0, 0.05) is 23.3 Å². The molecule has 0 atom stereocenters. The molecule has 0 aliphatic heterocycles. The molecular weight excluding hydrogens is 413 g/mol. The van der Waals surface area contributed by atoms with Crippen LogP contribution in [0, 0.1) is 0 Å². The number of rotatable bonds is 4. The second-order valence-corrected chi connectivity index (χ2v) is 7.99. The van der Waals surface area contributed by atoms with Gasteiger partial charge in [-0.2, -0.15) is 21.6 Å². The Morgan fingerprint density at radius 3 is 2.58 bits per heavy atom. The van der Waals surface area contributed by atoms with Gasteiger partial charge in [-0.25, -0.2) is 13.9 Å². The summed E-state index contributed by atoms with van der Waals surface area (Å²) in [6, 6.07) is 7.00. The third-order valence-corrected chi connectivity index (χ3v) is 5.50. The zero-order valence-corrected chi connectivity index (χ0v) is 15.3. The highest BCUT2D eigenvalue weighted by Crippen LogP contribution is 2.30. The lowest BCUT2D eigenvalue weighted by Gasteiger charge is -2.11. The molecular formula is C14H10ClF3N4O2S2. The second-order valence-electron chi connectivity index (χ2n) is 5.02. The molecule has 3 aromatic rings. The number of halogens is 4. The van der Waals surface area contributed by atoms with E-state index in [-0.39, 0.29) is 14.6 Å². The molecule has 138 valence electrons. The fraction of sp³-hybridized carbons (Fsp3) is 0.143. The van der Waals surface area contributed by atoms with Crippen LogP contribution in [0.3, 0.4) is 0 Å². The summed E-state index contributed by atoms with van der Waals surface area (Å²) in [6.45, 7) is 0. The van der Waals surface area contributed by atoms with E-state index in [4.69, 9.17) is 11.6 Å². The SMILES string of the molecule is CSc1nc(Cl)cc(Nc2ccc3c(ccn3S(=O)(=O)C(F)(F)F)c2)n1. The number of nitrogens with zero attached hydrogens (tertiary/aromatic N) is 3. The third kappa shape index (κ3) is 3.46. The van der Waals surface area contributed by atoms with Gasteiger partial charge in [0.25, 0.3) is 0 Å². The molecule has 0 fully saturated rings. The van der Waals surface area contributed by atoms with Gasteiger partial charge in [0.2, 0.25) is 0 Å². The van der Waals surface area contributed by atoms with Crippen molar-refractivity contribution in [3.05, 3.63) is 41.7 Å². The lowest BCUT2D eigenvalue weighted by Crippen LogP contribution is -2.29. The Bertz CT molecular complexity index is 1080. The summed E-state index contributed by atoms with van der Waals surface area (Å²) >= 11 is 7.20. The fourth-order valence-corrected chi connectivity index (χ4v) is 3.70. The number of thioether (sulfide) groups is 1. The first-order valence-corrected chi connectivity index (χ1v) is 9.94. The molecule has 12 heteroatoms. The molecule has 0 bridgehead atoms. The van der Waals surface area contributed by atoms with E-state index < -0.39 is 15.5 Å². The van der Waals surface area contributed by atoms with Crippen LogP contribution in [0.15, 0.2) is 41.7 Å². The van der Waals surface area contributed by atoms with E-state index in [9.17, 15) is 21.6 Å². The summed E-state index contributed by atoms with van der Waals surface area (Å²) in [6.07, 6.45) is 2.65. The summed E-state index contributed by atoms with van der Waals surface area (Å²) in [5.41, 5.74) is -4.97. The molecule has 2 heterocycles. The minimum atomic E-state index is -5.49. The maximum absolute atomic E-state index is 12.8. The number of anilines is 2. The smallest absolute Gasteiger partial charge is 0.340 e. The highest BCUT2D eigenvalue weighted by atomic mass is 35.5. The maximum Gasteiger partial charge on any atom is 0.517 e. The number of hydrogen-bond donors (Lipinski definition) is 1. The van der Waals surface area contributed by atoms with Gasteiger partial charge in [-0.15, -0.1) is 0 Å². The normalized spacial score (nSPS) is 12.5. The predicted octanol–water partition coefficient (Wildman–Crippen LogP) is 4.25. The van der Waals surface area contributed by atoms with Crippen molar-refractivity contribution < 1.29 is 21.6 Å². The second kappa shape index (κ2) is 6.63. The summed E-state index contributed by atoms with van der Waals surface area (Å²) in [7, 11) is -5.49. The average Bonchev–Trinajstić information content (AvgIpc) is 2.97. The first-order chi connectivity index (χ1) is 12.1. The van der Waals surface area contributed by atoms with Crippen molar-refractivity contribution in [3.63, 3.8) is 0 Å². The van der Waals surface area contributed by atoms with Gasteiger partial charge in [-0.3, -0.25) is 0 Å². The van der Waals surface area contributed by atoms with Crippen molar-refractivity contribution in [1.82, 2.24) is 13.9 Å². The first kappa shape index (κ1) is 18.8. The van der Waals surface area contributed by atoms with Gasteiger partial charge in [0.15, 0.2) is 5.16 Å². The summed E-state index contributed by atoms with van der Waals surface area (Å²) in [5.74, 6) is 0.399. The Kier molecular flexibility index (Phi) is 4.80. The average molecular weight is 423 g/mol. The summed E-state index contributed by atoms with van der Waals surface area (Å²) < 4.78 is 61.7. The molecule has 3 rings (SSSR count). The predicted molar refractivity (Wildman–Crippen MR) is 94.4 cm³/mol. The van der Waals surface area contributed by atoms with Crippen molar-refractivity contribution in [2.24, 2.45) is 0 Å². The number of fused-ring (bicyclic) bond motifs is 1. The molecule has 6 nitrogen and oxygen atoms in total. The zero-order valence-electron chi connectivity index (χ0n) is 13.0. The van der Waals surface area contributed by atoms with Gasteiger partial charge in [0.05, 0.1) is 5.52 Å². The van der Waals surface area contributed by atoms with E-state index in [1.54, 1.807) is 6.26 Å². The van der Waals surface area contributed by atoms with Crippen LogP contribution < -0.4 is 5.32 Å². The van der Waals surface area contributed by atoms with Crippen LogP contribution in [-0.2, 0) is 10.0 Å². The highest BCUT2D eigenvalue weighted by molar-refractivity contribution is 7.98. The van der Waals surface area contributed by atoms with E-state index in [0.29, 0.717) is 22.0 Å². The minimum absolute atomic E-state index is 0.0848. The monoisotopic (exact) mass is 422 g/mol. The van der Waals surface area contributed by atoms with Crippen LogP contribution in [0.5, 0.6) is 0 Å². The Labute approximate surface area is 155 Å². The molecule has 0 unspecified atom stereocenters. The molecule has 2 aromatic heterocycles. The Morgan fingerprint density at radius 1 is 1.19 bits per heavy atom. The van der Waals surface area contributed by atoms with Crippen LogP contribution in [0.2, 0.25) is 5.15 Å². The summed E-state index contributed by atoms with van der Waals surface area (Å²) in [5, 5.41) is 3.95. The summed E-state index contributed by atoms with van der Waals surface area (Å²) in [4.78, 5) is 8.21. The van der Waals surface area contributed by atoms with E-state index >= 15 is 0 Å². The van der Waals surface area contributed by atoms with E-state index in [1.807, 2.05) is 0 Å². The standard InChI is InChI=1S/C14H10ClF3N4O2S2/c1-25-13-20-11(15)7-12(21-13)19-9-2-3-10-8(6-9)4-5-22(10)26(23,24)14(16,17)18/h2-7H,1H3,(H,19,20,21). The molecule has 0 saturated heterocycles. The highest BCUT2D eigenvalue weighted by Gasteiger charge is 2.47. The van der Waals surface area contributed by atoms with E-state index in [1.165, 1.54) is 42.1 Å². The van der Waals surface area contributed by atoms with Crippen LogP contribution in [0.1, 0.15) is 0 Å². The van der Waals surface area contributed by atoms with Gasteiger partial charge in [-0.1, -0.05) is 23.4 Å². The van der Waals surface area contributed by atoms with Gasteiger partial charge in [0.1, 0.15) is 11.0 Å². The van der Waals surface area contributed by atoms with Crippen LogP contribution in [0.25, 0.3) is 10.9 Å². The molecule has 1 N–H and O–H groups in total. The Morgan fingerprint density at radius 2 is 1.92 bits per heavy atom. The lowest BCUT2D eigenvalue weighted by molar-refractivity contribution is -0.0445. The quantitative estimate of drug-likeness (QED) is 0.385. The van der Waals surface area contributed by atoms with Crippen molar-refractivity contribution in [3.8, 4) is 0 Å². The van der Waals surface area contributed by atoms with Gasteiger partial charge < -0.3 is 5.32 Å². The topological polar surface area (TPSA) is 76.9 Å². The molecule has 0 aliphatic carbocycles. The molecule has 26 heavy (non-hydrogen) atoms. The number of aromatic nitrogens is 3. The lowest BCUT2D eigenvalue weighted by atomic mass is 10.2. The van der Waals surface area contributed by atoms with Crippen LogP contribution in [-0.4, -0.2) is 34.1 Å². The first-order valence-electron chi connectivity index (χ1n) is 6.90. The fourth-order valence-electron chi connectivity index (χ4n) is 2.22. The van der Waals surface area contributed by atoms with E-state index in [2.05, 4.69) is 15.3 Å². The minimum Gasteiger partial charge on any atom is -0.340 e. The number of nitrogens with one attached hydrogen (secondary N) is 1. The maximum atomic E-state index is 12.8. The largest absolute Gasteiger partial charge is 0.517 e.